The predicted octanol–water partition coefficient (Wildman–Crippen LogP) is 3.40. The molecule has 30 heavy (non-hydrogen) atoms. The molecule has 0 aliphatic heterocycles. The van der Waals surface area contributed by atoms with Crippen LogP contribution in [0.1, 0.15) is 11.3 Å². The second-order valence-corrected chi connectivity index (χ2v) is 8.43. The number of benzene rings is 1. The minimum Gasteiger partial charge on any atom is -0.282 e. The van der Waals surface area contributed by atoms with Gasteiger partial charge in [0.25, 0.3) is 5.56 Å². The molecule has 0 aliphatic rings. The summed E-state index contributed by atoms with van der Waals surface area (Å²) in [4.78, 5) is 30.6. The molecule has 0 unspecified atom stereocenters. The maximum atomic E-state index is 13.4. The first-order chi connectivity index (χ1) is 14.3. The van der Waals surface area contributed by atoms with Crippen LogP contribution in [0.3, 0.4) is 0 Å². The van der Waals surface area contributed by atoms with Crippen molar-refractivity contribution >= 4 is 42.8 Å². The summed E-state index contributed by atoms with van der Waals surface area (Å²) in [5.74, 6) is 0. The standard InChI is InChI=1S/C20H14Br2N6O2/c1-11-5-14(9-24-8-11)28-19(29)18(12(2)26(4-3-23)20(28)30)27-10-13-6-15(21)16(22)7-17(13)25-27/h5-10H,4H2,1-2H3. The van der Waals surface area contributed by atoms with E-state index in [9.17, 15) is 14.9 Å². The van der Waals surface area contributed by atoms with Gasteiger partial charge in [-0.1, -0.05) is 0 Å². The number of halogens is 2. The average molecular weight is 530 g/mol. The summed E-state index contributed by atoms with van der Waals surface area (Å²) in [6.07, 6.45) is 4.79. The number of aryl methyl sites for hydroxylation is 1. The molecule has 4 aromatic rings. The van der Waals surface area contributed by atoms with Crippen molar-refractivity contribution in [1.82, 2.24) is 23.9 Å². The van der Waals surface area contributed by atoms with E-state index >= 15 is 0 Å². The van der Waals surface area contributed by atoms with Gasteiger partial charge in [0.05, 0.1) is 29.2 Å². The van der Waals surface area contributed by atoms with E-state index in [0.717, 1.165) is 24.5 Å². The molecular formula is C20H14Br2N6O2. The third-order valence-electron chi connectivity index (χ3n) is 4.70. The molecular weight excluding hydrogens is 516 g/mol. The van der Waals surface area contributed by atoms with Gasteiger partial charge in [0.1, 0.15) is 12.2 Å². The molecule has 0 atom stereocenters. The minimum atomic E-state index is -0.600. The summed E-state index contributed by atoms with van der Waals surface area (Å²) >= 11 is 6.91. The third kappa shape index (κ3) is 3.30. The SMILES string of the molecule is Cc1cncc(-n2c(=O)c(-n3cc4cc(Br)c(Br)cc4n3)c(C)n(CC#N)c2=O)c1. The number of hydrogen-bond donors (Lipinski definition) is 0. The molecule has 0 fully saturated rings. The van der Waals surface area contributed by atoms with Crippen LogP contribution < -0.4 is 11.2 Å². The third-order valence-corrected chi connectivity index (χ3v) is 6.54. The van der Waals surface area contributed by atoms with Crippen molar-refractivity contribution in [3.05, 3.63) is 77.8 Å². The number of pyridine rings is 1. The number of fused-ring (bicyclic) bond motifs is 1. The van der Waals surface area contributed by atoms with E-state index in [-0.39, 0.29) is 12.2 Å². The zero-order chi connectivity index (χ0) is 21.6. The number of nitrogens with zero attached hydrogens (tertiary/aromatic N) is 6. The van der Waals surface area contributed by atoms with Crippen molar-refractivity contribution in [2.24, 2.45) is 0 Å². The Bertz CT molecular complexity index is 1440. The van der Waals surface area contributed by atoms with Crippen LogP contribution in [0.25, 0.3) is 22.3 Å². The molecule has 3 heterocycles. The summed E-state index contributed by atoms with van der Waals surface area (Å²) in [6.45, 7) is 3.25. The van der Waals surface area contributed by atoms with Crippen LogP contribution in [0.15, 0.2) is 55.3 Å². The van der Waals surface area contributed by atoms with Gasteiger partial charge in [-0.25, -0.2) is 14.0 Å². The van der Waals surface area contributed by atoms with E-state index in [1.807, 2.05) is 25.1 Å². The molecule has 3 aromatic heterocycles. The summed E-state index contributed by atoms with van der Waals surface area (Å²) in [6, 6.07) is 7.39. The smallest absolute Gasteiger partial charge is 0.282 e. The number of nitriles is 1. The largest absolute Gasteiger partial charge is 0.336 e. The molecule has 4 rings (SSSR count). The number of aromatic nitrogens is 5. The molecule has 1 aromatic carbocycles. The van der Waals surface area contributed by atoms with E-state index in [1.54, 1.807) is 25.4 Å². The zero-order valence-corrected chi connectivity index (χ0v) is 19.1. The van der Waals surface area contributed by atoms with Crippen molar-refractivity contribution in [1.29, 1.82) is 5.26 Å². The van der Waals surface area contributed by atoms with Crippen molar-refractivity contribution < 1.29 is 0 Å². The Morgan fingerprint density at radius 3 is 2.53 bits per heavy atom. The predicted molar refractivity (Wildman–Crippen MR) is 119 cm³/mol. The van der Waals surface area contributed by atoms with Gasteiger partial charge in [-0.05, 0) is 69.5 Å². The molecule has 0 spiro atoms. The highest BCUT2D eigenvalue weighted by Crippen LogP contribution is 2.28. The monoisotopic (exact) mass is 528 g/mol. The van der Waals surface area contributed by atoms with Gasteiger partial charge in [0.2, 0.25) is 0 Å². The molecule has 150 valence electrons. The highest BCUT2D eigenvalue weighted by molar-refractivity contribution is 9.13. The Morgan fingerprint density at radius 2 is 1.83 bits per heavy atom. The van der Waals surface area contributed by atoms with Gasteiger partial charge in [0, 0.05) is 26.7 Å². The fourth-order valence-corrected chi connectivity index (χ4v) is 3.97. The molecule has 8 nitrogen and oxygen atoms in total. The van der Waals surface area contributed by atoms with Crippen LogP contribution in [0.2, 0.25) is 0 Å². The van der Waals surface area contributed by atoms with Crippen LogP contribution in [0.5, 0.6) is 0 Å². The van der Waals surface area contributed by atoms with Gasteiger partial charge >= 0.3 is 5.69 Å². The fourth-order valence-electron chi connectivity index (χ4n) is 3.28. The molecule has 0 saturated carbocycles. The zero-order valence-electron chi connectivity index (χ0n) is 15.9. The van der Waals surface area contributed by atoms with E-state index in [4.69, 9.17) is 0 Å². The lowest BCUT2D eigenvalue weighted by molar-refractivity contribution is 0.655. The van der Waals surface area contributed by atoms with Crippen LogP contribution in [0, 0.1) is 25.2 Å². The van der Waals surface area contributed by atoms with E-state index in [1.165, 1.54) is 15.4 Å². The Balaban J connectivity index is 2.09. The Morgan fingerprint density at radius 1 is 1.10 bits per heavy atom. The summed E-state index contributed by atoms with van der Waals surface area (Å²) in [5, 5.41) is 14.6. The van der Waals surface area contributed by atoms with Crippen LogP contribution in [0.4, 0.5) is 0 Å². The molecule has 0 N–H and O–H groups in total. The molecule has 0 aliphatic carbocycles. The minimum absolute atomic E-state index is 0.190. The summed E-state index contributed by atoms with van der Waals surface area (Å²) < 4.78 is 5.42. The Hall–Kier alpha value is -3.03. The van der Waals surface area contributed by atoms with E-state index < -0.39 is 11.2 Å². The van der Waals surface area contributed by atoms with Crippen LogP contribution >= 0.6 is 31.9 Å². The molecule has 0 radical (unpaired) electrons. The second-order valence-electron chi connectivity index (χ2n) is 6.72. The van der Waals surface area contributed by atoms with Gasteiger partial charge in [0.15, 0.2) is 0 Å². The quantitative estimate of drug-likeness (QED) is 0.405. The summed E-state index contributed by atoms with van der Waals surface area (Å²) in [7, 11) is 0. The fraction of sp³-hybridized carbons (Fsp3) is 0.150. The van der Waals surface area contributed by atoms with Crippen molar-refractivity contribution in [2.75, 3.05) is 0 Å². The highest BCUT2D eigenvalue weighted by Gasteiger charge is 2.20. The van der Waals surface area contributed by atoms with Gasteiger partial charge in [-0.3, -0.25) is 14.3 Å². The number of hydrogen-bond acceptors (Lipinski definition) is 5. The molecule has 0 bridgehead atoms. The Kier molecular flexibility index (Phi) is 5.17. The highest BCUT2D eigenvalue weighted by atomic mass is 79.9. The first-order valence-electron chi connectivity index (χ1n) is 8.82. The second kappa shape index (κ2) is 7.66. The normalized spacial score (nSPS) is 11.0. The van der Waals surface area contributed by atoms with Gasteiger partial charge in [-0.15, -0.1) is 0 Å². The molecule has 0 amide bonds. The molecule has 10 heteroatoms. The van der Waals surface area contributed by atoms with E-state index in [0.29, 0.717) is 16.9 Å². The summed E-state index contributed by atoms with van der Waals surface area (Å²) in [5.41, 5.74) is 1.21. The average Bonchev–Trinajstić information content (AvgIpc) is 3.07. The Labute approximate surface area is 187 Å². The van der Waals surface area contributed by atoms with Crippen LogP contribution in [-0.4, -0.2) is 23.9 Å². The lowest BCUT2D eigenvalue weighted by atomic mass is 10.2. The molecule has 0 saturated heterocycles. The first kappa shape index (κ1) is 20.3. The van der Waals surface area contributed by atoms with E-state index in [2.05, 4.69) is 41.9 Å². The topological polar surface area (TPSA) is 98.5 Å². The van der Waals surface area contributed by atoms with Crippen molar-refractivity contribution in [2.45, 2.75) is 20.4 Å². The van der Waals surface area contributed by atoms with Crippen molar-refractivity contribution in [3.63, 3.8) is 0 Å². The van der Waals surface area contributed by atoms with Gasteiger partial charge < -0.3 is 0 Å². The lowest BCUT2D eigenvalue weighted by Gasteiger charge is -2.15. The first-order valence-corrected chi connectivity index (χ1v) is 10.4. The number of rotatable bonds is 3. The van der Waals surface area contributed by atoms with Crippen molar-refractivity contribution in [3.8, 4) is 17.4 Å². The van der Waals surface area contributed by atoms with Crippen LogP contribution in [-0.2, 0) is 6.54 Å². The maximum Gasteiger partial charge on any atom is 0.336 e. The maximum absolute atomic E-state index is 13.4. The lowest BCUT2D eigenvalue weighted by Crippen LogP contribution is -2.42. The van der Waals surface area contributed by atoms with Gasteiger partial charge in [-0.2, -0.15) is 10.4 Å².